The van der Waals surface area contributed by atoms with Crippen LogP contribution in [0, 0.1) is 17.0 Å². The van der Waals surface area contributed by atoms with Crippen LogP contribution in [0.1, 0.15) is 18.4 Å². The normalized spacial score (nSPS) is 19.0. The number of hydrogen-bond donors (Lipinski definition) is 1. The summed E-state index contributed by atoms with van der Waals surface area (Å²) < 4.78 is 22.7. The number of nitro benzene ring substituents is 1. The zero-order valence-electron chi connectivity index (χ0n) is 10.6. The first kappa shape index (κ1) is 13.8. The van der Waals surface area contributed by atoms with Crippen LogP contribution in [0.25, 0.3) is 0 Å². The highest BCUT2D eigenvalue weighted by Crippen LogP contribution is 2.27. The van der Waals surface area contributed by atoms with Gasteiger partial charge >= 0.3 is 0 Å². The summed E-state index contributed by atoms with van der Waals surface area (Å²) in [7, 11) is -2.91. The predicted octanol–water partition coefficient (Wildman–Crippen LogP) is 1.89. The summed E-state index contributed by atoms with van der Waals surface area (Å²) in [6, 6.07) is 4.97. The zero-order valence-corrected chi connectivity index (χ0v) is 11.4. The largest absolute Gasteiger partial charge is 0.377 e. The molecule has 1 aliphatic rings. The molecule has 0 bridgehead atoms. The molecule has 0 saturated carbocycles. The summed E-state index contributed by atoms with van der Waals surface area (Å²) in [5.74, 6) is 0.286. The fourth-order valence-corrected chi connectivity index (χ4v) is 3.66. The van der Waals surface area contributed by atoms with Gasteiger partial charge in [0.05, 0.1) is 16.4 Å². The minimum absolute atomic E-state index is 0.0232. The lowest BCUT2D eigenvalue weighted by Gasteiger charge is -2.23. The summed E-state index contributed by atoms with van der Waals surface area (Å²) in [5.41, 5.74) is 1.32. The Kier molecular flexibility index (Phi) is 3.75. The molecule has 19 heavy (non-hydrogen) atoms. The maximum absolute atomic E-state index is 11.3. The molecule has 7 heteroatoms. The van der Waals surface area contributed by atoms with Crippen LogP contribution in [0.3, 0.4) is 0 Å². The molecule has 0 amide bonds. The molecule has 1 aliphatic heterocycles. The third-order valence-corrected chi connectivity index (χ3v) is 4.98. The van der Waals surface area contributed by atoms with Crippen molar-refractivity contribution in [1.82, 2.24) is 0 Å². The van der Waals surface area contributed by atoms with E-state index in [1.54, 1.807) is 19.1 Å². The maximum atomic E-state index is 11.3. The van der Waals surface area contributed by atoms with E-state index in [-0.39, 0.29) is 23.2 Å². The second kappa shape index (κ2) is 5.16. The third kappa shape index (κ3) is 3.44. The summed E-state index contributed by atoms with van der Waals surface area (Å²) in [6.45, 7) is 1.80. The van der Waals surface area contributed by atoms with Gasteiger partial charge in [0.1, 0.15) is 15.5 Å². The van der Waals surface area contributed by atoms with E-state index in [9.17, 15) is 18.5 Å². The average molecular weight is 284 g/mol. The Morgan fingerprint density at radius 1 is 1.32 bits per heavy atom. The Morgan fingerprint density at radius 2 is 1.95 bits per heavy atom. The molecule has 104 valence electrons. The van der Waals surface area contributed by atoms with Crippen LogP contribution < -0.4 is 5.32 Å². The lowest BCUT2D eigenvalue weighted by molar-refractivity contribution is -0.384. The molecule has 2 rings (SSSR count). The van der Waals surface area contributed by atoms with Crippen molar-refractivity contribution in [2.75, 3.05) is 16.8 Å². The molecule has 1 saturated heterocycles. The van der Waals surface area contributed by atoms with Crippen molar-refractivity contribution in [3.63, 3.8) is 0 Å². The molecule has 0 spiro atoms. The van der Waals surface area contributed by atoms with Gasteiger partial charge in [0, 0.05) is 12.1 Å². The predicted molar refractivity (Wildman–Crippen MR) is 73.1 cm³/mol. The monoisotopic (exact) mass is 284 g/mol. The lowest BCUT2D eigenvalue weighted by atomic mass is 10.1. The van der Waals surface area contributed by atoms with Gasteiger partial charge in [-0.1, -0.05) is 6.07 Å². The number of nitrogens with one attached hydrogen (secondary N) is 1. The quantitative estimate of drug-likeness (QED) is 0.676. The van der Waals surface area contributed by atoms with Crippen LogP contribution in [0.4, 0.5) is 11.4 Å². The summed E-state index contributed by atoms with van der Waals surface area (Å²) in [6.07, 6.45) is 0.987. The minimum atomic E-state index is -2.91. The van der Waals surface area contributed by atoms with E-state index < -0.39 is 14.8 Å². The molecular formula is C12H16N2O4S. The number of nitro groups is 1. The van der Waals surface area contributed by atoms with Gasteiger partial charge in [0.25, 0.3) is 5.69 Å². The molecule has 0 aliphatic carbocycles. The molecule has 1 fully saturated rings. The van der Waals surface area contributed by atoms with E-state index in [1.807, 2.05) is 0 Å². The van der Waals surface area contributed by atoms with E-state index in [1.165, 1.54) is 6.07 Å². The van der Waals surface area contributed by atoms with Gasteiger partial charge in [0.15, 0.2) is 0 Å². The van der Waals surface area contributed by atoms with Crippen molar-refractivity contribution in [2.24, 2.45) is 0 Å². The molecule has 0 unspecified atom stereocenters. The third-order valence-electron chi connectivity index (χ3n) is 3.26. The number of nitrogens with zero attached hydrogens (tertiary/aromatic N) is 1. The van der Waals surface area contributed by atoms with Crippen LogP contribution in [-0.4, -0.2) is 30.9 Å². The fraction of sp³-hybridized carbons (Fsp3) is 0.500. The molecule has 1 aromatic rings. The number of hydrogen-bond acceptors (Lipinski definition) is 5. The van der Waals surface area contributed by atoms with Crippen molar-refractivity contribution in [3.8, 4) is 0 Å². The van der Waals surface area contributed by atoms with E-state index in [0.29, 0.717) is 18.5 Å². The number of anilines is 1. The van der Waals surface area contributed by atoms with Gasteiger partial charge < -0.3 is 5.32 Å². The van der Waals surface area contributed by atoms with Crippen molar-refractivity contribution in [3.05, 3.63) is 33.9 Å². The van der Waals surface area contributed by atoms with E-state index in [0.717, 1.165) is 5.56 Å². The molecule has 1 heterocycles. The topological polar surface area (TPSA) is 89.3 Å². The van der Waals surface area contributed by atoms with Crippen LogP contribution >= 0.6 is 0 Å². The number of benzene rings is 1. The molecule has 0 aromatic heterocycles. The van der Waals surface area contributed by atoms with Crippen LogP contribution in [0.15, 0.2) is 18.2 Å². The minimum Gasteiger partial charge on any atom is -0.377 e. The summed E-state index contributed by atoms with van der Waals surface area (Å²) >= 11 is 0. The number of aryl methyl sites for hydroxylation is 1. The Balaban J connectivity index is 2.14. The first-order valence-corrected chi connectivity index (χ1v) is 7.91. The number of rotatable bonds is 3. The SMILES string of the molecule is Cc1ccc(NC2CCS(=O)(=O)CC2)c([N+](=O)[O-])c1. The Morgan fingerprint density at radius 3 is 2.53 bits per heavy atom. The second-order valence-electron chi connectivity index (χ2n) is 4.85. The highest BCUT2D eigenvalue weighted by molar-refractivity contribution is 7.91. The molecule has 1 N–H and O–H groups in total. The van der Waals surface area contributed by atoms with E-state index in [4.69, 9.17) is 0 Å². The van der Waals surface area contributed by atoms with Gasteiger partial charge in [-0.05, 0) is 31.4 Å². The maximum Gasteiger partial charge on any atom is 0.292 e. The standard InChI is InChI=1S/C12H16N2O4S/c1-9-2-3-11(12(8-9)14(15)16)13-10-4-6-19(17,18)7-5-10/h2-3,8,10,13H,4-7H2,1H3. The van der Waals surface area contributed by atoms with Crippen molar-refractivity contribution in [1.29, 1.82) is 0 Å². The molecule has 0 atom stereocenters. The van der Waals surface area contributed by atoms with Crippen molar-refractivity contribution >= 4 is 21.2 Å². The second-order valence-corrected chi connectivity index (χ2v) is 7.15. The first-order chi connectivity index (χ1) is 8.87. The van der Waals surface area contributed by atoms with Crippen LogP contribution in [-0.2, 0) is 9.84 Å². The summed E-state index contributed by atoms with van der Waals surface area (Å²) in [4.78, 5) is 10.6. The molecule has 6 nitrogen and oxygen atoms in total. The lowest BCUT2D eigenvalue weighted by Crippen LogP contribution is -2.32. The van der Waals surface area contributed by atoms with Crippen LogP contribution in [0.5, 0.6) is 0 Å². The Hall–Kier alpha value is -1.63. The first-order valence-electron chi connectivity index (χ1n) is 6.09. The molecule has 1 aromatic carbocycles. The van der Waals surface area contributed by atoms with Gasteiger partial charge in [-0.15, -0.1) is 0 Å². The van der Waals surface area contributed by atoms with Crippen LogP contribution in [0.2, 0.25) is 0 Å². The fourth-order valence-electron chi connectivity index (χ4n) is 2.17. The van der Waals surface area contributed by atoms with Crippen molar-refractivity contribution in [2.45, 2.75) is 25.8 Å². The van der Waals surface area contributed by atoms with Gasteiger partial charge in [0.2, 0.25) is 0 Å². The molecule has 0 radical (unpaired) electrons. The zero-order chi connectivity index (χ0) is 14.0. The Labute approximate surface area is 111 Å². The van der Waals surface area contributed by atoms with Crippen molar-refractivity contribution < 1.29 is 13.3 Å². The van der Waals surface area contributed by atoms with Gasteiger partial charge in [-0.3, -0.25) is 10.1 Å². The summed E-state index contributed by atoms with van der Waals surface area (Å²) in [5, 5.41) is 14.1. The highest BCUT2D eigenvalue weighted by atomic mass is 32.2. The number of sulfone groups is 1. The van der Waals surface area contributed by atoms with Gasteiger partial charge in [-0.2, -0.15) is 0 Å². The highest BCUT2D eigenvalue weighted by Gasteiger charge is 2.25. The molecular weight excluding hydrogens is 268 g/mol. The van der Waals surface area contributed by atoms with Gasteiger partial charge in [-0.25, -0.2) is 8.42 Å². The smallest absolute Gasteiger partial charge is 0.292 e. The Bertz CT molecular complexity index is 584. The van der Waals surface area contributed by atoms with E-state index >= 15 is 0 Å². The van der Waals surface area contributed by atoms with E-state index in [2.05, 4.69) is 5.32 Å². The average Bonchev–Trinajstić information content (AvgIpc) is 2.33.